The highest BCUT2D eigenvalue weighted by molar-refractivity contribution is 5.79. The molecule has 1 aliphatic heterocycles. The predicted molar refractivity (Wildman–Crippen MR) is 53.8 cm³/mol. The first-order valence-electron chi connectivity index (χ1n) is 5.66. The normalized spacial score (nSPS) is 34.4. The molecule has 14 heavy (non-hydrogen) atoms. The monoisotopic (exact) mass is 197 g/mol. The van der Waals surface area contributed by atoms with Crippen LogP contribution in [0.15, 0.2) is 0 Å². The van der Waals surface area contributed by atoms with E-state index in [0.29, 0.717) is 12.5 Å². The summed E-state index contributed by atoms with van der Waals surface area (Å²) >= 11 is 0. The molecular weight excluding hydrogens is 178 g/mol. The van der Waals surface area contributed by atoms with E-state index < -0.39 is 0 Å². The molecule has 2 fully saturated rings. The summed E-state index contributed by atoms with van der Waals surface area (Å²) < 4.78 is 0. The van der Waals surface area contributed by atoms with E-state index in [-0.39, 0.29) is 24.5 Å². The number of aliphatic hydroxyl groups is 1. The second-order valence-electron chi connectivity index (χ2n) is 4.63. The Morgan fingerprint density at radius 1 is 1.43 bits per heavy atom. The number of hydrogen-bond donors (Lipinski definition) is 1. The first-order valence-corrected chi connectivity index (χ1v) is 5.66. The van der Waals surface area contributed by atoms with Crippen LogP contribution in [0, 0.1) is 5.92 Å². The molecule has 3 heteroatoms. The molecule has 1 heterocycles. The van der Waals surface area contributed by atoms with Gasteiger partial charge in [0.2, 0.25) is 5.91 Å². The Balaban J connectivity index is 2.06. The topological polar surface area (TPSA) is 40.5 Å². The molecule has 3 nitrogen and oxygen atoms in total. The fourth-order valence-corrected chi connectivity index (χ4v) is 2.89. The van der Waals surface area contributed by atoms with Crippen LogP contribution in [0.3, 0.4) is 0 Å². The molecule has 0 spiro atoms. The summed E-state index contributed by atoms with van der Waals surface area (Å²) in [5, 5.41) is 9.14. The summed E-state index contributed by atoms with van der Waals surface area (Å²) in [6.07, 6.45) is 5.38. The molecule has 0 aromatic carbocycles. The zero-order valence-electron chi connectivity index (χ0n) is 8.78. The van der Waals surface area contributed by atoms with Crippen LogP contribution in [-0.4, -0.2) is 34.6 Å². The van der Waals surface area contributed by atoms with Crippen molar-refractivity contribution in [2.75, 3.05) is 6.61 Å². The number of aliphatic hydroxyl groups excluding tert-OH is 1. The minimum Gasteiger partial charge on any atom is -0.396 e. The van der Waals surface area contributed by atoms with Crippen LogP contribution in [0.25, 0.3) is 0 Å². The van der Waals surface area contributed by atoms with Crippen molar-refractivity contribution in [3.8, 4) is 0 Å². The maximum atomic E-state index is 11.8. The van der Waals surface area contributed by atoms with Crippen LogP contribution in [0.5, 0.6) is 0 Å². The van der Waals surface area contributed by atoms with Crippen LogP contribution in [0.4, 0.5) is 0 Å². The number of rotatable bonds is 2. The number of hydrogen-bond acceptors (Lipinski definition) is 2. The highest BCUT2D eigenvalue weighted by atomic mass is 16.3. The van der Waals surface area contributed by atoms with Gasteiger partial charge in [-0.2, -0.15) is 0 Å². The molecule has 2 unspecified atom stereocenters. The van der Waals surface area contributed by atoms with Gasteiger partial charge < -0.3 is 10.0 Å². The van der Waals surface area contributed by atoms with Gasteiger partial charge in [-0.15, -0.1) is 0 Å². The third kappa shape index (κ3) is 1.54. The number of carbonyl (C=O) groups excluding carboxylic acids is 1. The minimum absolute atomic E-state index is 0.149. The van der Waals surface area contributed by atoms with E-state index in [9.17, 15) is 4.79 Å². The average molecular weight is 197 g/mol. The standard InChI is InChI=1S/C11H19NO2/c1-8-9(7-13)6-11(14)12(8)10-4-2-3-5-10/h8-10,13H,2-7H2,1H3. The van der Waals surface area contributed by atoms with Crippen molar-refractivity contribution in [1.82, 2.24) is 4.90 Å². The van der Waals surface area contributed by atoms with Crippen LogP contribution in [-0.2, 0) is 4.79 Å². The largest absolute Gasteiger partial charge is 0.396 e. The van der Waals surface area contributed by atoms with Crippen molar-refractivity contribution >= 4 is 5.91 Å². The van der Waals surface area contributed by atoms with Crippen molar-refractivity contribution in [3.63, 3.8) is 0 Å². The third-order valence-electron chi connectivity index (χ3n) is 3.80. The van der Waals surface area contributed by atoms with Crippen molar-refractivity contribution in [1.29, 1.82) is 0 Å². The molecule has 0 aromatic heterocycles. The van der Waals surface area contributed by atoms with Gasteiger partial charge in [-0.25, -0.2) is 0 Å². The van der Waals surface area contributed by atoms with Crippen molar-refractivity contribution < 1.29 is 9.90 Å². The summed E-state index contributed by atoms with van der Waals surface area (Å²) in [6, 6.07) is 0.713. The Hall–Kier alpha value is -0.570. The van der Waals surface area contributed by atoms with E-state index in [1.165, 1.54) is 12.8 Å². The predicted octanol–water partition coefficient (Wildman–Crippen LogP) is 1.16. The van der Waals surface area contributed by atoms with Crippen LogP contribution < -0.4 is 0 Å². The number of likely N-dealkylation sites (tertiary alicyclic amines) is 1. The summed E-state index contributed by atoms with van der Waals surface area (Å²) in [5.41, 5.74) is 0. The lowest BCUT2D eigenvalue weighted by atomic mass is 10.0. The van der Waals surface area contributed by atoms with Gasteiger partial charge in [-0.1, -0.05) is 12.8 Å². The Bertz CT molecular complexity index is 223. The summed E-state index contributed by atoms with van der Waals surface area (Å²) in [4.78, 5) is 13.8. The number of nitrogens with zero attached hydrogens (tertiary/aromatic N) is 1. The molecule has 1 aliphatic carbocycles. The Morgan fingerprint density at radius 3 is 2.57 bits per heavy atom. The van der Waals surface area contributed by atoms with Crippen molar-refractivity contribution in [2.45, 2.75) is 51.1 Å². The van der Waals surface area contributed by atoms with Gasteiger partial charge in [-0.05, 0) is 19.8 Å². The molecule has 1 saturated heterocycles. The van der Waals surface area contributed by atoms with E-state index >= 15 is 0 Å². The first kappa shape index (κ1) is 9.97. The Labute approximate surface area is 85.1 Å². The zero-order chi connectivity index (χ0) is 10.1. The van der Waals surface area contributed by atoms with Gasteiger partial charge in [0.05, 0.1) is 0 Å². The Morgan fingerprint density at radius 2 is 2.07 bits per heavy atom. The first-order chi connectivity index (χ1) is 6.74. The second kappa shape index (κ2) is 3.89. The second-order valence-corrected chi connectivity index (χ2v) is 4.63. The molecule has 2 aliphatic rings. The van der Waals surface area contributed by atoms with Gasteiger partial charge in [0, 0.05) is 31.0 Å². The molecule has 1 saturated carbocycles. The molecule has 0 aromatic rings. The van der Waals surface area contributed by atoms with Gasteiger partial charge in [0.1, 0.15) is 0 Å². The van der Waals surface area contributed by atoms with E-state index in [1.807, 2.05) is 4.90 Å². The fourth-order valence-electron chi connectivity index (χ4n) is 2.89. The zero-order valence-corrected chi connectivity index (χ0v) is 8.78. The lowest BCUT2D eigenvalue weighted by Gasteiger charge is -2.30. The fraction of sp³-hybridized carbons (Fsp3) is 0.909. The van der Waals surface area contributed by atoms with Crippen molar-refractivity contribution in [3.05, 3.63) is 0 Å². The lowest BCUT2D eigenvalue weighted by molar-refractivity contribution is -0.130. The quantitative estimate of drug-likeness (QED) is 0.721. The molecule has 1 N–H and O–H groups in total. The molecule has 0 bridgehead atoms. The number of amides is 1. The Kier molecular flexibility index (Phi) is 2.77. The summed E-state index contributed by atoms with van der Waals surface area (Å²) in [7, 11) is 0. The summed E-state index contributed by atoms with van der Waals surface area (Å²) in [6.45, 7) is 2.22. The molecule has 2 rings (SSSR count). The van der Waals surface area contributed by atoms with E-state index in [0.717, 1.165) is 12.8 Å². The molecule has 0 radical (unpaired) electrons. The van der Waals surface area contributed by atoms with Gasteiger partial charge in [-0.3, -0.25) is 4.79 Å². The van der Waals surface area contributed by atoms with E-state index in [4.69, 9.17) is 5.11 Å². The number of carbonyl (C=O) groups is 1. The maximum Gasteiger partial charge on any atom is 0.223 e. The van der Waals surface area contributed by atoms with Gasteiger partial charge in [0.15, 0.2) is 0 Å². The van der Waals surface area contributed by atoms with Gasteiger partial charge >= 0.3 is 0 Å². The van der Waals surface area contributed by atoms with Gasteiger partial charge in [0.25, 0.3) is 0 Å². The molecule has 80 valence electrons. The average Bonchev–Trinajstić information content (AvgIpc) is 2.74. The highest BCUT2D eigenvalue weighted by Crippen LogP contribution is 2.33. The van der Waals surface area contributed by atoms with Crippen LogP contribution in [0.1, 0.15) is 39.0 Å². The smallest absolute Gasteiger partial charge is 0.223 e. The minimum atomic E-state index is 0.149. The molecule has 1 amide bonds. The SMILES string of the molecule is CC1C(CO)CC(=O)N1C1CCCC1. The highest BCUT2D eigenvalue weighted by Gasteiger charge is 2.40. The molecular formula is C11H19NO2. The van der Waals surface area contributed by atoms with Crippen LogP contribution >= 0.6 is 0 Å². The van der Waals surface area contributed by atoms with Crippen molar-refractivity contribution in [2.24, 2.45) is 5.92 Å². The summed E-state index contributed by atoms with van der Waals surface area (Å²) in [5.74, 6) is 0.423. The lowest BCUT2D eigenvalue weighted by Crippen LogP contribution is -2.40. The molecule has 2 atom stereocenters. The maximum absolute atomic E-state index is 11.8. The van der Waals surface area contributed by atoms with E-state index in [1.54, 1.807) is 0 Å². The van der Waals surface area contributed by atoms with E-state index in [2.05, 4.69) is 6.92 Å². The third-order valence-corrected chi connectivity index (χ3v) is 3.80. The van der Waals surface area contributed by atoms with Crippen LogP contribution in [0.2, 0.25) is 0 Å².